The maximum absolute atomic E-state index is 6.61. The van der Waals surface area contributed by atoms with Crippen molar-refractivity contribution in [2.45, 2.75) is 25.1 Å². The van der Waals surface area contributed by atoms with E-state index in [0.29, 0.717) is 0 Å². The predicted molar refractivity (Wildman–Crippen MR) is 78.2 cm³/mol. The van der Waals surface area contributed by atoms with E-state index in [2.05, 4.69) is 52.1 Å². The Kier molecular flexibility index (Phi) is 3.16. The number of rotatable bonds is 0. The minimum Gasteiger partial charge on any atom is -0.258 e. The smallest absolute Gasteiger partial charge is 0.101 e. The molecule has 0 radical (unpaired) electrons. The van der Waals surface area contributed by atoms with Gasteiger partial charge in [0.05, 0.1) is 5.69 Å². The van der Waals surface area contributed by atoms with Crippen molar-refractivity contribution in [1.29, 1.82) is 0 Å². The van der Waals surface area contributed by atoms with Gasteiger partial charge < -0.3 is 0 Å². The Morgan fingerprint density at radius 3 is 2.83 bits per heavy atom. The lowest BCUT2D eigenvalue weighted by atomic mass is 10.00. The lowest BCUT2D eigenvalue weighted by Gasteiger charge is -2.13. The lowest BCUT2D eigenvalue weighted by molar-refractivity contribution is 0.946. The van der Waals surface area contributed by atoms with Crippen molar-refractivity contribution < 1.29 is 0 Å². The van der Waals surface area contributed by atoms with Crippen LogP contribution in [0.4, 0.5) is 0 Å². The van der Waals surface area contributed by atoms with Gasteiger partial charge in [-0.1, -0.05) is 23.8 Å². The number of nitrogens with zero attached hydrogens (tertiary/aromatic N) is 1. The molecule has 0 N–H and O–H groups in total. The van der Waals surface area contributed by atoms with Gasteiger partial charge in [0.2, 0.25) is 0 Å². The normalized spacial score (nSPS) is 17.8. The summed E-state index contributed by atoms with van der Waals surface area (Å²) in [5.74, 6) is 0. The zero-order chi connectivity index (χ0) is 12.7. The molecule has 0 spiro atoms. The van der Waals surface area contributed by atoms with Crippen LogP contribution in [0.1, 0.15) is 33.3 Å². The molecular weight excluding hydrogens is 310 g/mol. The SMILES string of the molecule is Cc1ccc2c(c1)CCc1cc(Br)cnc1C2Cl. The van der Waals surface area contributed by atoms with E-state index in [0.717, 1.165) is 23.0 Å². The predicted octanol–water partition coefficient (Wildman–Crippen LogP) is 4.58. The van der Waals surface area contributed by atoms with Gasteiger partial charge >= 0.3 is 0 Å². The second-order valence-electron chi connectivity index (χ2n) is 4.76. The standard InChI is InChI=1S/C15H13BrClN/c1-9-2-5-13-10(6-9)3-4-11-7-12(16)8-18-15(11)14(13)17/h2,5-8,14H,3-4H2,1H3. The van der Waals surface area contributed by atoms with Gasteiger partial charge in [0.25, 0.3) is 0 Å². The monoisotopic (exact) mass is 321 g/mol. The first-order valence-corrected chi connectivity index (χ1v) is 7.26. The number of fused-ring (bicyclic) bond motifs is 2. The number of halogens is 2. The number of pyridine rings is 1. The van der Waals surface area contributed by atoms with Crippen LogP contribution in [-0.4, -0.2) is 4.98 Å². The van der Waals surface area contributed by atoms with Gasteiger partial charge in [0.1, 0.15) is 5.38 Å². The quantitative estimate of drug-likeness (QED) is 0.647. The molecule has 0 bridgehead atoms. The molecular formula is C15H13BrClN. The number of hydrogen-bond acceptors (Lipinski definition) is 1. The van der Waals surface area contributed by atoms with Gasteiger partial charge in [-0.25, -0.2) is 0 Å². The third-order valence-corrected chi connectivity index (χ3v) is 4.32. The Morgan fingerprint density at radius 1 is 1.22 bits per heavy atom. The van der Waals surface area contributed by atoms with E-state index in [-0.39, 0.29) is 5.38 Å². The van der Waals surface area contributed by atoms with Gasteiger partial charge in [-0.2, -0.15) is 0 Å². The zero-order valence-electron chi connectivity index (χ0n) is 10.1. The summed E-state index contributed by atoms with van der Waals surface area (Å²) in [7, 11) is 0. The number of alkyl halides is 1. The molecule has 2 aromatic rings. The van der Waals surface area contributed by atoms with Crippen molar-refractivity contribution in [3.63, 3.8) is 0 Å². The molecule has 0 saturated carbocycles. The van der Waals surface area contributed by atoms with Crippen LogP contribution >= 0.6 is 27.5 Å². The molecule has 1 atom stereocenters. The summed E-state index contributed by atoms with van der Waals surface area (Å²) < 4.78 is 1.02. The van der Waals surface area contributed by atoms with E-state index in [1.165, 1.54) is 22.3 Å². The molecule has 92 valence electrons. The summed E-state index contributed by atoms with van der Waals surface area (Å²) in [6.45, 7) is 2.12. The fourth-order valence-electron chi connectivity index (χ4n) is 2.54. The van der Waals surface area contributed by atoms with E-state index < -0.39 is 0 Å². The molecule has 0 amide bonds. The highest BCUT2D eigenvalue weighted by molar-refractivity contribution is 9.10. The Morgan fingerprint density at radius 2 is 2.00 bits per heavy atom. The Labute approximate surface area is 120 Å². The minimum atomic E-state index is -0.133. The van der Waals surface area contributed by atoms with E-state index in [1.807, 2.05) is 6.20 Å². The largest absolute Gasteiger partial charge is 0.258 e. The lowest BCUT2D eigenvalue weighted by Crippen LogP contribution is -2.00. The average Bonchev–Trinajstić information content (AvgIpc) is 2.47. The van der Waals surface area contributed by atoms with E-state index in [4.69, 9.17) is 11.6 Å². The number of hydrogen-bond donors (Lipinski definition) is 0. The Balaban J connectivity index is 2.15. The molecule has 0 fully saturated rings. The molecule has 1 heterocycles. The van der Waals surface area contributed by atoms with E-state index in [9.17, 15) is 0 Å². The van der Waals surface area contributed by atoms with Gasteiger partial charge in [-0.05, 0) is 58.5 Å². The third kappa shape index (κ3) is 2.08. The van der Waals surface area contributed by atoms with Crippen LogP contribution in [0.5, 0.6) is 0 Å². The van der Waals surface area contributed by atoms with Crippen LogP contribution in [0, 0.1) is 6.92 Å². The van der Waals surface area contributed by atoms with Crippen LogP contribution in [0.2, 0.25) is 0 Å². The Hall–Kier alpha value is -0.860. The van der Waals surface area contributed by atoms with Crippen molar-refractivity contribution in [1.82, 2.24) is 4.98 Å². The molecule has 0 aliphatic heterocycles. The molecule has 1 aromatic heterocycles. The first-order valence-electron chi connectivity index (χ1n) is 6.03. The first kappa shape index (κ1) is 12.2. The summed E-state index contributed by atoms with van der Waals surface area (Å²) in [6.07, 6.45) is 3.86. The van der Waals surface area contributed by atoms with Crippen LogP contribution in [-0.2, 0) is 12.8 Å². The highest BCUT2D eigenvalue weighted by atomic mass is 79.9. The second kappa shape index (κ2) is 4.67. The van der Waals surface area contributed by atoms with Crippen LogP contribution in [0.15, 0.2) is 34.9 Å². The molecule has 1 unspecified atom stereocenters. The Bertz CT molecular complexity index is 556. The van der Waals surface area contributed by atoms with Crippen LogP contribution < -0.4 is 0 Å². The highest BCUT2D eigenvalue weighted by Gasteiger charge is 2.23. The fraction of sp³-hybridized carbons (Fsp3) is 0.267. The van der Waals surface area contributed by atoms with Crippen molar-refractivity contribution >= 4 is 27.5 Å². The maximum atomic E-state index is 6.61. The molecule has 1 nitrogen and oxygen atoms in total. The van der Waals surface area contributed by atoms with Crippen molar-refractivity contribution in [3.8, 4) is 0 Å². The molecule has 18 heavy (non-hydrogen) atoms. The summed E-state index contributed by atoms with van der Waals surface area (Å²) in [4.78, 5) is 4.50. The summed E-state index contributed by atoms with van der Waals surface area (Å²) in [5, 5.41) is -0.133. The number of benzene rings is 1. The van der Waals surface area contributed by atoms with Gasteiger partial charge in [0.15, 0.2) is 0 Å². The molecule has 0 saturated heterocycles. The third-order valence-electron chi connectivity index (χ3n) is 3.44. The van der Waals surface area contributed by atoms with Crippen molar-refractivity contribution in [3.05, 3.63) is 62.9 Å². The van der Waals surface area contributed by atoms with Crippen molar-refractivity contribution in [2.24, 2.45) is 0 Å². The summed E-state index contributed by atoms with van der Waals surface area (Å²) in [5.41, 5.74) is 6.10. The molecule has 1 aromatic carbocycles. The molecule has 3 rings (SSSR count). The minimum absolute atomic E-state index is 0.133. The average molecular weight is 323 g/mol. The van der Waals surface area contributed by atoms with Gasteiger partial charge in [-0.15, -0.1) is 11.6 Å². The molecule has 3 heteroatoms. The highest BCUT2D eigenvalue weighted by Crippen LogP contribution is 2.36. The second-order valence-corrected chi connectivity index (χ2v) is 6.11. The fourth-order valence-corrected chi connectivity index (χ4v) is 3.32. The maximum Gasteiger partial charge on any atom is 0.101 e. The first-order chi connectivity index (χ1) is 8.65. The van der Waals surface area contributed by atoms with E-state index in [1.54, 1.807) is 0 Å². The topological polar surface area (TPSA) is 12.9 Å². The van der Waals surface area contributed by atoms with Gasteiger partial charge in [-0.3, -0.25) is 4.98 Å². The van der Waals surface area contributed by atoms with Crippen LogP contribution in [0.25, 0.3) is 0 Å². The van der Waals surface area contributed by atoms with Gasteiger partial charge in [0, 0.05) is 10.7 Å². The number of aryl methyl sites for hydroxylation is 3. The van der Waals surface area contributed by atoms with Crippen molar-refractivity contribution in [2.75, 3.05) is 0 Å². The zero-order valence-corrected chi connectivity index (χ0v) is 12.4. The summed E-state index contributed by atoms with van der Waals surface area (Å²) in [6, 6.07) is 8.64. The van der Waals surface area contributed by atoms with E-state index >= 15 is 0 Å². The summed E-state index contributed by atoms with van der Waals surface area (Å²) >= 11 is 10.1. The van der Waals surface area contributed by atoms with Crippen LogP contribution in [0.3, 0.4) is 0 Å². The number of aromatic nitrogens is 1. The molecule has 1 aliphatic carbocycles. The molecule has 1 aliphatic rings.